The number of amides is 2. The van der Waals surface area contributed by atoms with Gasteiger partial charge in [0.15, 0.2) is 6.61 Å². The molecule has 2 heterocycles. The van der Waals surface area contributed by atoms with Gasteiger partial charge in [0.1, 0.15) is 5.75 Å². The molecule has 0 unspecified atom stereocenters. The summed E-state index contributed by atoms with van der Waals surface area (Å²) in [6, 6.07) is 18.6. The van der Waals surface area contributed by atoms with E-state index in [1.54, 1.807) is 35.5 Å². The van der Waals surface area contributed by atoms with E-state index in [9.17, 15) is 9.59 Å². The minimum Gasteiger partial charge on any atom is -0.482 e. The van der Waals surface area contributed by atoms with Gasteiger partial charge >= 0.3 is 0 Å². The van der Waals surface area contributed by atoms with Gasteiger partial charge < -0.3 is 15.0 Å². The molecule has 0 saturated carbocycles. The summed E-state index contributed by atoms with van der Waals surface area (Å²) in [5.41, 5.74) is 3.00. The number of pyridine rings is 1. The number of rotatable bonds is 5. The maximum Gasteiger partial charge on any atom is 0.265 e. The largest absolute Gasteiger partial charge is 0.482 e. The van der Waals surface area contributed by atoms with Gasteiger partial charge in [0.25, 0.3) is 11.8 Å². The van der Waals surface area contributed by atoms with E-state index in [0.717, 1.165) is 11.1 Å². The van der Waals surface area contributed by atoms with E-state index >= 15 is 0 Å². The second kappa shape index (κ2) is 7.92. The number of carbonyl (C=O) groups excluding carboxylic acids is 2. The molecule has 140 valence electrons. The molecule has 0 spiro atoms. The first-order valence-corrected chi connectivity index (χ1v) is 8.99. The maximum absolute atomic E-state index is 12.6. The van der Waals surface area contributed by atoms with Gasteiger partial charge in [0.05, 0.1) is 12.2 Å². The number of carbonyl (C=O) groups is 2. The Bertz CT molecular complexity index is 990. The van der Waals surface area contributed by atoms with Crippen molar-refractivity contribution < 1.29 is 14.3 Å². The molecular formula is C22H19N3O3. The van der Waals surface area contributed by atoms with E-state index in [4.69, 9.17) is 4.74 Å². The molecule has 6 nitrogen and oxygen atoms in total. The number of nitrogens with zero attached hydrogens (tertiary/aromatic N) is 2. The fourth-order valence-corrected chi connectivity index (χ4v) is 3.07. The van der Waals surface area contributed by atoms with Crippen LogP contribution in [0.5, 0.6) is 5.75 Å². The minimum atomic E-state index is -0.218. The zero-order valence-electron chi connectivity index (χ0n) is 15.2. The fourth-order valence-electron chi connectivity index (χ4n) is 3.07. The third-order valence-corrected chi connectivity index (χ3v) is 4.52. The highest BCUT2D eigenvalue weighted by atomic mass is 16.5. The predicted molar refractivity (Wildman–Crippen MR) is 105 cm³/mol. The molecule has 0 radical (unpaired) electrons. The van der Waals surface area contributed by atoms with E-state index in [1.807, 2.05) is 42.5 Å². The molecule has 1 aliphatic rings. The predicted octanol–water partition coefficient (Wildman–Crippen LogP) is 2.94. The summed E-state index contributed by atoms with van der Waals surface area (Å²) in [6.07, 6.45) is 3.40. The highest BCUT2D eigenvalue weighted by Gasteiger charge is 2.26. The second-order valence-corrected chi connectivity index (χ2v) is 6.48. The van der Waals surface area contributed by atoms with Crippen molar-refractivity contribution in [1.29, 1.82) is 0 Å². The quantitative estimate of drug-likeness (QED) is 0.746. The van der Waals surface area contributed by atoms with Gasteiger partial charge in [-0.1, -0.05) is 36.4 Å². The van der Waals surface area contributed by atoms with E-state index in [-0.39, 0.29) is 18.4 Å². The monoisotopic (exact) mass is 373 g/mol. The number of fused-ring (bicyclic) bond motifs is 1. The highest BCUT2D eigenvalue weighted by Crippen LogP contribution is 2.34. The molecule has 0 saturated heterocycles. The van der Waals surface area contributed by atoms with Gasteiger partial charge in [-0.05, 0) is 35.4 Å². The second-order valence-electron chi connectivity index (χ2n) is 6.48. The van der Waals surface area contributed by atoms with Crippen LogP contribution in [0.2, 0.25) is 0 Å². The summed E-state index contributed by atoms with van der Waals surface area (Å²) >= 11 is 0. The van der Waals surface area contributed by atoms with Crippen molar-refractivity contribution in [3.8, 4) is 5.75 Å². The lowest BCUT2D eigenvalue weighted by Gasteiger charge is -2.29. The topological polar surface area (TPSA) is 71.5 Å². The molecule has 6 heteroatoms. The molecule has 1 N–H and O–H groups in total. The van der Waals surface area contributed by atoms with Gasteiger partial charge in [0.2, 0.25) is 0 Å². The Balaban J connectivity index is 1.55. The average Bonchev–Trinajstić information content (AvgIpc) is 2.75. The molecule has 3 aromatic rings. The number of anilines is 1. The van der Waals surface area contributed by atoms with Crippen LogP contribution in [0, 0.1) is 0 Å². The first kappa shape index (κ1) is 17.7. The van der Waals surface area contributed by atoms with Crippen molar-refractivity contribution in [2.75, 3.05) is 11.5 Å². The summed E-state index contributed by atoms with van der Waals surface area (Å²) in [4.78, 5) is 30.7. The minimum absolute atomic E-state index is 0.00756. The Kier molecular flexibility index (Phi) is 5.01. The number of ether oxygens (including phenoxy) is 1. The van der Waals surface area contributed by atoms with Crippen LogP contribution in [0.3, 0.4) is 0 Å². The number of hydrogen-bond acceptors (Lipinski definition) is 4. The van der Waals surface area contributed by atoms with Gasteiger partial charge in [-0.2, -0.15) is 0 Å². The van der Waals surface area contributed by atoms with E-state index in [1.165, 1.54) is 0 Å². The molecule has 1 aromatic heterocycles. The van der Waals surface area contributed by atoms with Crippen LogP contribution in [0.25, 0.3) is 0 Å². The van der Waals surface area contributed by atoms with E-state index < -0.39 is 0 Å². The zero-order valence-corrected chi connectivity index (χ0v) is 15.2. The summed E-state index contributed by atoms with van der Waals surface area (Å²) < 4.78 is 5.54. The van der Waals surface area contributed by atoms with Crippen molar-refractivity contribution in [3.63, 3.8) is 0 Å². The Morgan fingerprint density at radius 3 is 2.68 bits per heavy atom. The zero-order chi connectivity index (χ0) is 19.3. The lowest BCUT2D eigenvalue weighted by atomic mass is 10.1. The van der Waals surface area contributed by atoms with Crippen molar-refractivity contribution >= 4 is 17.5 Å². The smallest absolute Gasteiger partial charge is 0.265 e. The number of nitrogens with one attached hydrogen (secondary N) is 1. The molecule has 0 aliphatic carbocycles. The van der Waals surface area contributed by atoms with Crippen molar-refractivity contribution in [1.82, 2.24) is 10.3 Å². The highest BCUT2D eigenvalue weighted by molar-refractivity contribution is 6.01. The van der Waals surface area contributed by atoms with E-state index in [0.29, 0.717) is 30.1 Å². The Labute approximate surface area is 162 Å². The molecular weight excluding hydrogens is 354 g/mol. The lowest BCUT2D eigenvalue weighted by molar-refractivity contribution is -0.121. The Morgan fingerprint density at radius 2 is 1.89 bits per heavy atom. The molecule has 2 amide bonds. The lowest BCUT2D eigenvalue weighted by Crippen LogP contribution is -2.38. The van der Waals surface area contributed by atoms with Crippen LogP contribution >= 0.6 is 0 Å². The molecule has 0 atom stereocenters. The van der Waals surface area contributed by atoms with Crippen molar-refractivity contribution in [2.24, 2.45) is 0 Å². The standard InChI is InChI=1S/C22H19N3O3/c26-21-15-28-20-9-8-18(22(27)24-13-17-7-4-10-23-12-17)11-19(20)25(21)14-16-5-2-1-3-6-16/h1-12H,13-15H2,(H,24,27). The SMILES string of the molecule is O=C(NCc1cccnc1)c1ccc2c(c1)N(Cc1ccccc1)C(=O)CO2. The molecule has 28 heavy (non-hydrogen) atoms. The maximum atomic E-state index is 12.6. The summed E-state index contributed by atoms with van der Waals surface area (Å²) in [7, 11) is 0. The molecule has 1 aliphatic heterocycles. The van der Waals surface area contributed by atoms with Crippen molar-refractivity contribution in [2.45, 2.75) is 13.1 Å². The third-order valence-electron chi connectivity index (χ3n) is 4.52. The van der Waals surface area contributed by atoms with Crippen LogP contribution in [-0.2, 0) is 17.9 Å². The molecule has 4 rings (SSSR count). The van der Waals surface area contributed by atoms with Crippen molar-refractivity contribution in [3.05, 3.63) is 89.7 Å². The van der Waals surface area contributed by atoms with Gasteiger partial charge in [-0.15, -0.1) is 0 Å². The summed E-state index contributed by atoms with van der Waals surface area (Å²) in [6.45, 7) is 0.802. The number of hydrogen-bond donors (Lipinski definition) is 1. The van der Waals surface area contributed by atoms with Gasteiger partial charge in [0, 0.05) is 24.5 Å². The van der Waals surface area contributed by atoms with Crippen LogP contribution in [0.1, 0.15) is 21.5 Å². The normalized spacial score (nSPS) is 12.9. The van der Waals surface area contributed by atoms with Gasteiger partial charge in [-0.3, -0.25) is 14.6 Å². The molecule has 0 fully saturated rings. The van der Waals surface area contributed by atoms with E-state index in [2.05, 4.69) is 10.3 Å². The first-order chi connectivity index (χ1) is 13.7. The first-order valence-electron chi connectivity index (χ1n) is 8.99. The summed E-state index contributed by atoms with van der Waals surface area (Å²) in [5, 5.41) is 2.87. The van der Waals surface area contributed by atoms with Crippen LogP contribution in [0.15, 0.2) is 73.1 Å². The van der Waals surface area contributed by atoms with Crippen LogP contribution in [-0.4, -0.2) is 23.4 Å². The Morgan fingerprint density at radius 1 is 1.07 bits per heavy atom. The molecule has 0 bridgehead atoms. The Hall–Kier alpha value is -3.67. The fraction of sp³-hybridized carbons (Fsp3) is 0.136. The van der Waals surface area contributed by atoms with Gasteiger partial charge in [-0.25, -0.2) is 0 Å². The van der Waals surface area contributed by atoms with Crippen LogP contribution < -0.4 is 15.0 Å². The third kappa shape index (κ3) is 3.86. The molecule has 2 aromatic carbocycles. The summed E-state index contributed by atoms with van der Waals surface area (Å²) in [5.74, 6) is 0.243. The average molecular weight is 373 g/mol. The number of benzene rings is 2. The van der Waals surface area contributed by atoms with Crippen LogP contribution in [0.4, 0.5) is 5.69 Å². The number of aromatic nitrogens is 1.